The second kappa shape index (κ2) is 6.14. The molecule has 0 spiro atoms. The highest BCUT2D eigenvalue weighted by Gasteiger charge is 2.28. The van der Waals surface area contributed by atoms with Crippen LogP contribution in [0.4, 0.5) is 11.5 Å². The van der Waals surface area contributed by atoms with Gasteiger partial charge in [-0.05, 0) is 12.8 Å². The van der Waals surface area contributed by atoms with Crippen LogP contribution in [-0.4, -0.2) is 28.0 Å². The number of hydrogen-bond donors (Lipinski definition) is 0. The molecule has 0 unspecified atom stereocenters. The Kier molecular flexibility index (Phi) is 4.52. The van der Waals surface area contributed by atoms with Gasteiger partial charge in [0.05, 0.1) is 4.92 Å². The Labute approximate surface area is 117 Å². The van der Waals surface area contributed by atoms with Crippen molar-refractivity contribution in [3.05, 3.63) is 21.6 Å². The highest BCUT2D eigenvalue weighted by molar-refractivity contribution is 6.31. The molecule has 0 N–H and O–H groups in total. The van der Waals surface area contributed by atoms with Crippen LogP contribution in [0.15, 0.2) is 6.33 Å². The maximum atomic E-state index is 11.1. The van der Waals surface area contributed by atoms with Crippen LogP contribution >= 0.6 is 11.6 Å². The van der Waals surface area contributed by atoms with E-state index in [-0.39, 0.29) is 16.9 Å². The predicted octanol–water partition coefficient (Wildman–Crippen LogP) is 3.20. The van der Waals surface area contributed by atoms with Crippen LogP contribution in [-0.2, 0) is 0 Å². The summed E-state index contributed by atoms with van der Waals surface area (Å²) >= 11 is 5.82. The van der Waals surface area contributed by atoms with Gasteiger partial charge < -0.3 is 4.90 Å². The van der Waals surface area contributed by atoms with E-state index in [4.69, 9.17) is 11.6 Å². The quantitative estimate of drug-likeness (QED) is 0.369. The van der Waals surface area contributed by atoms with E-state index in [0.29, 0.717) is 5.82 Å². The Morgan fingerprint density at radius 1 is 1.32 bits per heavy atom. The first-order chi connectivity index (χ1) is 9.11. The van der Waals surface area contributed by atoms with Crippen molar-refractivity contribution in [3.63, 3.8) is 0 Å². The summed E-state index contributed by atoms with van der Waals surface area (Å²) in [6.07, 6.45) is 8.12. The molecule has 1 saturated carbocycles. The SMILES string of the molecule is CN(c1ncnc(Cl)c1[N+](=O)[O-])C1CCCCCC1. The summed E-state index contributed by atoms with van der Waals surface area (Å²) in [4.78, 5) is 20.2. The van der Waals surface area contributed by atoms with Gasteiger partial charge in [0.2, 0.25) is 11.0 Å². The molecular formula is C12H17ClN4O2. The summed E-state index contributed by atoms with van der Waals surface area (Å²) in [5, 5.41) is 11.0. The van der Waals surface area contributed by atoms with Gasteiger partial charge in [0.1, 0.15) is 6.33 Å². The zero-order chi connectivity index (χ0) is 13.8. The third kappa shape index (κ3) is 3.12. The summed E-state index contributed by atoms with van der Waals surface area (Å²) in [7, 11) is 1.85. The minimum Gasteiger partial charge on any atom is -0.351 e. The van der Waals surface area contributed by atoms with Gasteiger partial charge in [0, 0.05) is 13.1 Å². The average Bonchev–Trinajstić information content (AvgIpc) is 2.66. The molecule has 1 heterocycles. The van der Waals surface area contributed by atoms with Crippen molar-refractivity contribution in [1.29, 1.82) is 0 Å². The fourth-order valence-corrected chi connectivity index (χ4v) is 2.78. The van der Waals surface area contributed by atoms with Gasteiger partial charge in [-0.3, -0.25) is 10.1 Å². The molecule has 19 heavy (non-hydrogen) atoms. The maximum Gasteiger partial charge on any atom is 0.348 e. The third-order valence-electron chi connectivity index (χ3n) is 3.65. The zero-order valence-corrected chi connectivity index (χ0v) is 11.6. The monoisotopic (exact) mass is 284 g/mol. The van der Waals surface area contributed by atoms with E-state index in [9.17, 15) is 10.1 Å². The first-order valence-electron chi connectivity index (χ1n) is 6.49. The van der Waals surface area contributed by atoms with Crippen LogP contribution in [0.1, 0.15) is 38.5 Å². The number of aromatic nitrogens is 2. The fourth-order valence-electron chi connectivity index (χ4n) is 2.58. The van der Waals surface area contributed by atoms with Crippen molar-refractivity contribution < 1.29 is 4.92 Å². The van der Waals surface area contributed by atoms with Crippen LogP contribution in [0.5, 0.6) is 0 Å². The third-order valence-corrected chi connectivity index (χ3v) is 3.92. The van der Waals surface area contributed by atoms with Crippen molar-refractivity contribution in [2.24, 2.45) is 0 Å². The molecule has 0 aliphatic heterocycles. The summed E-state index contributed by atoms with van der Waals surface area (Å²) in [6.45, 7) is 0. The van der Waals surface area contributed by atoms with Crippen molar-refractivity contribution in [2.45, 2.75) is 44.6 Å². The molecule has 6 nitrogen and oxygen atoms in total. The van der Waals surface area contributed by atoms with E-state index in [1.54, 1.807) is 0 Å². The van der Waals surface area contributed by atoms with Crippen LogP contribution in [0, 0.1) is 10.1 Å². The molecule has 7 heteroatoms. The molecule has 0 atom stereocenters. The highest BCUT2D eigenvalue weighted by atomic mass is 35.5. The topological polar surface area (TPSA) is 72.2 Å². The van der Waals surface area contributed by atoms with Gasteiger partial charge in [0.15, 0.2) is 0 Å². The summed E-state index contributed by atoms with van der Waals surface area (Å²) < 4.78 is 0. The fraction of sp³-hybridized carbons (Fsp3) is 0.667. The minimum atomic E-state index is -0.509. The predicted molar refractivity (Wildman–Crippen MR) is 73.6 cm³/mol. The number of rotatable bonds is 3. The molecule has 104 valence electrons. The van der Waals surface area contributed by atoms with Crippen LogP contribution in [0.2, 0.25) is 5.15 Å². The molecule has 1 aromatic heterocycles. The standard InChI is InChI=1S/C12H17ClN4O2/c1-16(9-6-4-2-3-5-7-9)12-10(17(18)19)11(13)14-8-15-12/h8-9H,2-7H2,1H3. The van der Waals surface area contributed by atoms with Gasteiger partial charge in [-0.15, -0.1) is 0 Å². The molecule has 1 aromatic rings. The molecule has 1 fully saturated rings. The Morgan fingerprint density at radius 2 is 1.95 bits per heavy atom. The number of hydrogen-bond acceptors (Lipinski definition) is 5. The first-order valence-corrected chi connectivity index (χ1v) is 6.86. The molecule has 0 saturated heterocycles. The Bertz CT molecular complexity index is 461. The van der Waals surface area contributed by atoms with E-state index >= 15 is 0 Å². The van der Waals surface area contributed by atoms with E-state index in [1.807, 2.05) is 11.9 Å². The highest BCUT2D eigenvalue weighted by Crippen LogP contribution is 2.33. The molecule has 1 aliphatic rings. The number of anilines is 1. The first kappa shape index (κ1) is 14.0. The number of nitrogens with zero attached hydrogens (tertiary/aromatic N) is 4. The summed E-state index contributed by atoms with van der Waals surface area (Å²) in [6, 6.07) is 0.284. The van der Waals surface area contributed by atoms with Gasteiger partial charge in [0.25, 0.3) is 0 Å². The second-order valence-electron chi connectivity index (χ2n) is 4.85. The zero-order valence-electron chi connectivity index (χ0n) is 10.9. The Balaban J connectivity index is 2.29. The van der Waals surface area contributed by atoms with Gasteiger partial charge >= 0.3 is 5.69 Å². The van der Waals surface area contributed by atoms with Crippen molar-refractivity contribution in [3.8, 4) is 0 Å². The lowest BCUT2D eigenvalue weighted by Gasteiger charge is -2.27. The lowest BCUT2D eigenvalue weighted by Crippen LogP contribution is -2.32. The number of halogens is 1. The molecule has 0 bridgehead atoms. The number of nitro groups is 1. The van der Waals surface area contributed by atoms with Crippen LogP contribution in [0.3, 0.4) is 0 Å². The molecule has 0 amide bonds. The Hall–Kier alpha value is -1.43. The largest absolute Gasteiger partial charge is 0.351 e. The maximum absolute atomic E-state index is 11.1. The molecule has 1 aliphatic carbocycles. The van der Waals surface area contributed by atoms with E-state index < -0.39 is 4.92 Å². The lowest BCUT2D eigenvalue weighted by molar-refractivity contribution is -0.384. The summed E-state index contributed by atoms with van der Waals surface area (Å²) in [5.41, 5.74) is -0.198. The molecular weight excluding hydrogens is 268 g/mol. The smallest absolute Gasteiger partial charge is 0.348 e. The van der Waals surface area contributed by atoms with E-state index in [1.165, 1.54) is 19.2 Å². The molecule has 2 rings (SSSR count). The van der Waals surface area contributed by atoms with E-state index in [2.05, 4.69) is 9.97 Å². The molecule has 0 aromatic carbocycles. The van der Waals surface area contributed by atoms with Crippen molar-refractivity contribution in [1.82, 2.24) is 9.97 Å². The van der Waals surface area contributed by atoms with Crippen LogP contribution < -0.4 is 4.90 Å². The van der Waals surface area contributed by atoms with Gasteiger partial charge in [-0.1, -0.05) is 37.3 Å². The molecule has 0 radical (unpaired) electrons. The minimum absolute atomic E-state index is 0.101. The van der Waals surface area contributed by atoms with Gasteiger partial charge in [-0.25, -0.2) is 9.97 Å². The summed E-state index contributed by atoms with van der Waals surface area (Å²) in [5.74, 6) is 0.317. The Morgan fingerprint density at radius 3 is 2.53 bits per heavy atom. The van der Waals surface area contributed by atoms with Crippen molar-refractivity contribution in [2.75, 3.05) is 11.9 Å². The van der Waals surface area contributed by atoms with Crippen molar-refractivity contribution >= 4 is 23.1 Å². The average molecular weight is 285 g/mol. The normalized spacial score (nSPS) is 16.9. The lowest BCUT2D eigenvalue weighted by atomic mass is 10.1. The second-order valence-corrected chi connectivity index (χ2v) is 5.21. The van der Waals surface area contributed by atoms with Gasteiger partial charge in [-0.2, -0.15) is 0 Å². The van der Waals surface area contributed by atoms with E-state index in [0.717, 1.165) is 25.7 Å². The van der Waals surface area contributed by atoms with Crippen LogP contribution in [0.25, 0.3) is 0 Å².